The van der Waals surface area contributed by atoms with E-state index in [2.05, 4.69) is 16.3 Å². The zero-order valence-corrected chi connectivity index (χ0v) is 17.8. The van der Waals surface area contributed by atoms with E-state index in [9.17, 15) is 9.59 Å². The van der Waals surface area contributed by atoms with E-state index in [1.54, 1.807) is 45.5 Å². The van der Waals surface area contributed by atoms with Gasteiger partial charge in [0.25, 0.3) is 0 Å². The molecular formula is C23H29N3O4. The summed E-state index contributed by atoms with van der Waals surface area (Å²) in [5, 5.41) is 2.80. The Labute approximate surface area is 177 Å². The molecule has 1 unspecified atom stereocenters. The molecule has 0 bridgehead atoms. The van der Waals surface area contributed by atoms with Crippen molar-refractivity contribution in [3.05, 3.63) is 54.1 Å². The van der Waals surface area contributed by atoms with Gasteiger partial charge in [-0.15, -0.1) is 0 Å². The number of methoxy groups -OCH3 is 2. The minimum Gasteiger partial charge on any atom is -0.497 e. The topological polar surface area (TPSA) is 71.1 Å². The van der Waals surface area contributed by atoms with Crippen molar-refractivity contribution in [2.24, 2.45) is 0 Å². The van der Waals surface area contributed by atoms with Crippen LogP contribution in [0.4, 0.5) is 5.69 Å². The normalized spacial score (nSPS) is 16.2. The first kappa shape index (κ1) is 21.6. The van der Waals surface area contributed by atoms with E-state index < -0.39 is 0 Å². The van der Waals surface area contributed by atoms with Gasteiger partial charge >= 0.3 is 0 Å². The van der Waals surface area contributed by atoms with Gasteiger partial charge in [0, 0.05) is 24.8 Å². The molecule has 1 heterocycles. The van der Waals surface area contributed by atoms with Crippen molar-refractivity contribution in [3.8, 4) is 11.5 Å². The number of carbonyl (C=O) groups is 2. The van der Waals surface area contributed by atoms with Crippen LogP contribution in [0.25, 0.3) is 0 Å². The molecule has 0 radical (unpaired) electrons. The summed E-state index contributed by atoms with van der Waals surface area (Å²) in [5.74, 6) is 1.15. The molecule has 0 spiro atoms. The highest BCUT2D eigenvalue weighted by molar-refractivity contribution is 5.94. The highest BCUT2D eigenvalue weighted by Gasteiger charge is 2.29. The number of anilines is 1. The Kier molecular flexibility index (Phi) is 7.30. The fraction of sp³-hybridized carbons (Fsp3) is 0.391. The Balaban J connectivity index is 1.55. The fourth-order valence-corrected chi connectivity index (χ4v) is 3.74. The number of nitrogens with zero attached hydrogens (tertiary/aromatic N) is 2. The number of hydrogen-bond acceptors (Lipinski definition) is 5. The van der Waals surface area contributed by atoms with Crippen molar-refractivity contribution in [2.45, 2.75) is 18.9 Å². The van der Waals surface area contributed by atoms with Gasteiger partial charge in [0.15, 0.2) is 0 Å². The molecule has 1 aliphatic rings. The van der Waals surface area contributed by atoms with E-state index in [0.29, 0.717) is 11.4 Å². The lowest BCUT2D eigenvalue weighted by molar-refractivity contribution is -0.134. The minimum atomic E-state index is -0.245. The monoisotopic (exact) mass is 411 g/mol. The van der Waals surface area contributed by atoms with Gasteiger partial charge in [0.05, 0.1) is 27.3 Å². The number of benzene rings is 2. The third-order valence-corrected chi connectivity index (χ3v) is 5.34. The second kappa shape index (κ2) is 10.1. The molecular weight excluding hydrogens is 382 g/mol. The van der Waals surface area contributed by atoms with Gasteiger partial charge in [-0.2, -0.15) is 0 Å². The summed E-state index contributed by atoms with van der Waals surface area (Å²) in [7, 11) is 4.88. The largest absolute Gasteiger partial charge is 0.497 e. The van der Waals surface area contributed by atoms with Crippen molar-refractivity contribution in [1.82, 2.24) is 9.80 Å². The molecule has 2 aromatic rings. The number of likely N-dealkylation sites (N-methyl/N-ethyl adjacent to an activating group) is 1. The smallest absolute Gasteiger partial charge is 0.243 e. The summed E-state index contributed by atoms with van der Waals surface area (Å²) in [5.41, 5.74) is 1.79. The number of ether oxygens (including phenoxy) is 2. The summed E-state index contributed by atoms with van der Waals surface area (Å²) in [6, 6.07) is 15.3. The van der Waals surface area contributed by atoms with Gasteiger partial charge in [-0.05, 0) is 49.2 Å². The molecule has 0 aliphatic carbocycles. The first-order valence-electron chi connectivity index (χ1n) is 10.1. The van der Waals surface area contributed by atoms with Crippen molar-refractivity contribution >= 4 is 17.5 Å². The van der Waals surface area contributed by atoms with E-state index in [4.69, 9.17) is 9.47 Å². The molecule has 7 nitrogen and oxygen atoms in total. The maximum atomic E-state index is 12.7. The van der Waals surface area contributed by atoms with E-state index in [1.165, 1.54) is 4.90 Å². The average molecular weight is 412 g/mol. The average Bonchev–Trinajstić information content (AvgIpc) is 3.21. The zero-order valence-electron chi connectivity index (χ0n) is 17.8. The van der Waals surface area contributed by atoms with E-state index >= 15 is 0 Å². The number of nitrogens with one attached hydrogen (secondary N) is 1. The van der Waals surface area contributed by atoms with Crippen LogP contribution in [0, 0.1) is 0 Å². The van der Waals surface area contributed by atoms with E-state index in [1.807, 2.05) is 18.2 Å². The molecule has 7 heteroatoms. The van der Waals surface area contributed by atoms with Crippen LogP contribution in [-0.4, -0.2) is 62.5 Å². The van der Waals surface area contributed by atoms with Gasteiger partial charge in [-0.25, -0.2) is 0 Å². The number of hydrogen-bond donors (Lipinski definition) is 1. The maximum absolute atomic E-state index is 12.7. The lowest BCUT2D eigenvalue weighted by Crippen LogP contribution is -2.41. The third-order valence-electron chi connectivity index (χ3n) is 5.34. The van der Waals surface area contributed by atoms with Crippen molar-refractivity contribution < 1.29 is 19.1 Å². The molecule has 2 amide bonds. The molecule has 1 N–H and O–H groups in total. The molecule has 160 valence electrons. The first-order chi connectivity index (χ1) is 14.5. The highest BCUT2D eigenvalue weighted by Crippen LogP contribution is 2.33. The predicted octanol–water partition coefficient (Wildman–Crippen LogP) is 2.94. The predicted molar refractivity (Wildman–Crippen MR) is 116 cm³/mol. The Hall–Kier alpha value is -3.06. The van der Waals surface area contributed by atoms with E-state index in [0.717, 1.165) is 30.7 Å². The lowest BCUT2D eigenvalue weighted by Gasteiger charge is -2.27. The van der Waals surface area contributed by atoms with Crippen LogP contribution in [0.15, 0.2) is 48.5 Å². The molecule has 1 fully saturated rings. The number of likely N-dealkylation sites (tertiary alicyclic amines) is 1. The standard InChI is InChI=1S/C23H29N3O4/c1-25(15-22(27)24-18-8-5-10-20(14-18)30-3)23(28)16-26-12-6-11-21(26)17-7-4-9-19(13-17)29-2/h4-5,7-10,13-14,21H,6,11-12,15-16H2,1-3H3,(H,24,27). The maximum Gasteiger partial charge on any atom is 0.243 e. The van der Waals surface area contributed by atoms with Crippen LogP contribution in [0.5, 0.6) is 11.5 Å². The SMILES string of the molecule is COc1cccc(NC(=O)CN(C)C(=O)CN2CCCC2c2cccc(OC)c2)c1. The number of rotatable bonds is 8. The number of amides is 2. The quantitative estimate of drug-likeness (QED) is 0.723. The Bertz CT molecular complexity index is 886. The fourth-order valence-electron chi connectivity index (χ4n) is 3.74. The Morgan fingerprint density at radius 1 is 1.10 bits per heavy atom. The lowest BCUT2D eigenvalue weighted by atomic mass is 10.0. The Morgan fingerprint density at radius 3 is 2.53 bits per heavy atom. The third kappa shape index (κ3) is 5.51. The summed E-state index contributed by atoms with van der Waals surface area (Å²) in [6.45, 7) is 1.13. The van der Waals surface area contributed by atoms with Crippen LogP contribution in [-0.2, 0) is 9.59 Å². The van der Waals surface area contributed by atoms with Crippen molar-refractivity contribution in [2.75, 3.05) is 46.2 Å². The summed E-state index contributed by atoms with van der Waals surface area (Å²) in [4.78, 5) is 28.7. The van der Waals surface area contributed by atoms with Gasteiger partial charge in [0.1, 0.15) is 11.5 Å². The van der Waals surface area contributed by atoms with Gasteiger partial charge in [-0.1, -0.05) is 18.2 Å². The molecule has 1 saturated heterocycles. The Morgan fingerprint density at radius 2 is 1.80 bits per heavy atom. The van der Waals surface area contributed by atoms with Crippen LogP contribution >= 0.6 is 0 Å². The summed E-state index contributed by atoms with van der Waals surface area (Å²) < 4.78 is 10.5. The van der Waals surface area contributed by atoms with Crippen LogP contribution < -0.4 is 14.8 Å². The molecule has 1 atom stereocenters. The van der Waals surface area contributed by atoms with Crippen molar-refractivity contribution in [3.63, 3.8) is 0 Å². The highest BCUT2D eigenvalue weighted by atomic mass is 16.5. The minimum absolute atomic E-state index is 0.00624. The van der Waals surface area contributed by atoms with Crippen LogP contribution in [0.3, 0.4) is 0 Å². The van der Waals surface area contributed by atoms with Gasteiger partial charge < -0.3 is 19.7 Å². The van der Waals surface area contributed by atoms with Crippen LogP contribution in [0.1, 0.15) is 24.4 Å². The molecule has 3 rings (SSSR count). The van der Waals surface area contributed by atoms with E-state index in [-0.39, 0.29) is 30.9 Å². The van der Waals surface area contributed by atoms with Gasteiger partial charge in [0.2, 0.25) is 11.8 Å². The molecule has 0 saturated carbocycles. The number of carbonyl (C=O) groups excluding carboxylic acids is 2. The molecule has 2 aromatic carbocycles. The van der Waals surface area contributed by atoms with Crippen LogP contribution in [0.2, 0.25) is 0 Å². The second-order valence-corrected chi connectivity index (χ2v) is 7.44. The second-order valence-electron chi connectivity index (χ2n) is 7.44. The molecule has 0 aromatic heterocycles. The summed E-state index contributed by atoms with van der Waals surface area (Å²) in [6.07, 6.45) is 2.04. The molecule has 1 aliphatic heterocycles. The van der Waals surface area contributed by atoms with Gasteiger partial charge in [-0.3, -0.25) is 14.5 Å². The summed E-state index contributed by atoms with van der Waals surface area (Å²) >= 11 is 0. The first-order valence-corrected chi connectivity index (χ1v) is 10.1. The zero-order chi connectivity index (χ0) is 21.5. The molecule has 30 heavy (non-hydrogen) atoms. The van der Waals surface area contributed by atoms with Crippen molar-refractivity contribution in [1.29, 1.82) is 0 Å².